The molecule has 0 N–H and O–H groups in total. The minimum Gasteiger partial charge on any atom is -0.460 e. The van der Waals surface area contributed by atoms with E-state index in [-0.39, 0.29) is 23.8 Å². The summed E-state index contributed by atoms with van der Waals surface area (Å²) in [6.07, 6.45) is 4.14. The summed E-state index contributed by atoms with van der Waals surface area (Å²) in [6.45, 7) is 4.83. The van der Waals surface area contributed by atoms with Crippen molar-refractivity contribution in [1.29, 1.82) is 0 Å². The van der Waals surface area contributed by atoms with E-state index in [9.17, 15) is 9.59 Å². The van der Waals surface area contributed by atoms with E-state index in [0.29, 0.717) is 19.4 Å². The summed E-state index contributed by atoms with van der Waals surface area (Å²) in [5, 5.41) is 0. The minimum absolute atomic E-state index is 0.0384. The maximum Gasteiger partial charge on any atom is 0.309 e. The first kappa shape index (κ1) is 14.2. The van der Waals surface area contributed by atoms with Crippen LogP contribution in [0.5, 0.6) is 0 Å². The highest BCUT2D eigenvalue weighted by Crippen LogP contribution is 2.24. The number of hydrogen-bond acceptors (Lipinski definition) is 4. The number of hydrogen-bond donors (Lipinski definition) is 0. The highest BCUT2D eigenvalue weighted by molar-refractivity contribution is 5.83. The lowest BCUT2D eigenvalue weighted by atomic mass is 9.99. The molecule has 4 nitrogen and oxygen atoms in total. The third kappa shape index (κ3) is 5.31. The molecule has 1 saturated heterocycles. The van der Waals surface area contributed by atoms with E-state index in [1.807, 2.05) is 0 Å². The summed E-state index contributed by atoms with van der Waals surface area (Å²) in [7, 11) is 0. The Morgan fingerprint density at radius 3 is 2.88 bits per heavy atom. The molecule has 0 spiro atoms. The Bertz CT molecular complexity index is 262. The fraction of sp³-hybridized carbons (Fsp3) is 0.846. The molecule has 1 heterocycles. The highest BCUT2D eigenvalue weighted by atomic mass is 16.6. The van der Waals surface area contributed by atoms with Crippen LogP contribution < -0.4 is 0 Å². The molecule has 0 aromatic rings. The Morgan fingerprint density at radius 1 is 1.47 bits per heavy atom. The molecule has 0 bridgehead atoms. The molecule has 2 atom stereocenters. The molecule has 0 amide bonds. The Kier molecular flexibility index (Phi) is 6.19. The van der Waals surface area contributed by atoms with Crippen LogP contribution in [0.2, 0.25) is 0 Å². The third-order valence-electron chi connectivity index (χ3n) is 2.89. The first-order chi connectivity index (χ1) is 8.13. The molecular weight excluding hydrogens is 220 g/mol. The molecular formula is C13H22O4. The van der Waals surface area contributed by atoms with Gasteiger partial charge in [0.25, 0.3) is 0 Å². The first-order valence-corrected chi connectivity index (χ1v) is 6.41. The number of carbonyl (C=O) groups excluding carboxylic acids is 2. The summed E-state index contributed by atoms with van der Waals surface area (Å²) >= 11 is 0. The maximum atomic E-state index is 11.4. The maximum absolute atomic E-state index is 11.4. The molecule has 0 aliphatic carbocycles. The molecule has 1 aliphatic rings. The van der Waals surface area contributed by atoms with E-state index >= 15 is 0 Å². The second kappa shape index (κ2) is 7.43. The van der Waals surface area contributed by atoms with E-state index in [1.54, 1.807) is 0 Å². The number of ether oxygens (including phenoxy) is 2. The Balaban J connectivity index is 2.15. The Labute approximate surface area is 103 Å². The predicted octanol–water partition coefficient (Wildman–Crippen LogP) is 2.10. The zero-order chi connectivity index (χ0) is 12.7. The van der Waals surface area contributed by atoms with Crippen molar-refractivity contribution >= 4 is 11.8 Å². The van der Waals surface area contributed by atoms with Crippen molar-refractivity contribution in [3.8, 4) is 0 Å². The van der Waals surface area contributed by atoms with Crippen LogP contribution >= 0.6 is 0 Å². The lowest BCUT2D eigenvalue weighted by Crippen LogP contribution is -2.15. The van der Waals surface area contributed by atoms with Crippen LogP contribution in [0, 0.1) is 5.92 Å². The van der Waals surface area contributed by atoms with Crippen LogP contribution in [0.25, 0.3) is 0 Å². The van der Waals surface area contributed by atoms with Crippen molar-refractivity contribution in [2.75, 3.05) is 13.2 Å². The van der Waals surface area contributed by atoms with Gasteiger partial charge in [-0.3, -0.25) is 4.79 Å². The molecule has 17 heavy (non-hydrogen) atoms. The number of rotatable bonds is 8. The van der Waals surface area contributed by atoms with Gasteiger partial charge in [0.1, 0.15) is 11.9 Å². The SMILES string of the molecule is CCCCCOCC1CC(CC(C)=O)C(=O)O1. The summed E-state index contributed by atoms with van der Waals surface area (Å²) in [5.74, 6) is -0.462. The number of Topliss-reactive ketones (excluding diaryl/α,β-unsaturated/α-hetero) is 1. The quantitative estimate of drug-likeness (QED) is 0.483. The molecule has 1 rings (SSSR count). The van der Waals surface area contributed by atoms with Crippen LogP contribution in [0.15, 0.2) is 0 Å². The standard InChI is InChI=1S/C13H22O4/c1-3-4-5-6-16-9-12-8-11(7-10(2)14)13(15)17-12/h11-12H,3-9H2,1-2H3. The molecule has 0 radical (unpaired) electrons. The largest absolute Gasteiger partial charge is 0.460 e. The van der Waals surface area contributed by atoms with Crippen molar-refractivity contribution < 1.29 is 19.1 Å². The molecule has 0 aromatic carbocycles. The van der Waals surface area contributed by atoms with Gasteiger partial charge in [0, 0.05) is 19.4 Å². The normalized spacial score (nSPS) is 23.8. The van der Waals surface area contributed by atoms with E-state index in [1.165, 1.54) is 13.3 Å². The molecule has 98 valence electrons. The Morgan fingerprint density at radius 2 is 2.24 bits per heavy atom. The fourth-order valence-electron chi connectivity index (χ4n) is 2.01. The van der Waals surface area contributed by atoms with Gasteiger partial charge in [0.05, 0.1) is 12.5 Å². The van der Waals surface area contributed by atoms with Gasteiger partial charge >= 0.3 is 5.97 Å². The van der Waals surface area contributed by atoms with Gasteiger partial charge < -0.3 is 14.3 Å². The molecule has 0 aromatic heterocycles. The number of cyclic esters (lactones) is 1. The number of esters is 1. The zero-order valence-electron chi connectivity index (χ0n) is 10.7. The summed E-state index contributed by atoms with van der Waals surface area (Å²) < 4.78 is 10.6. The van der Waals surface area contributed by atoms with Crippen LogP contribution in [-0.2, 0) is 19.1 Å². The van der Waals surface area contributed by atoms with E-state index in [0.717, 1.165) is 19.4 Å². The van der Waals surface area contributed by atoms with Gasteiger partial charge in [-0.05, 0) is 13.3 Å². The van der Waals surface area contributed by atoms with Crippen molar-refractivity contribution in [2.24, 2.45) is 5.92 Å². The highest BCUT2D eigenvalue weighted by Gasteiger charge is 2.34. The van der Waals surface area contributed by atoms with Gasteiger partial charge in [-0.2, -0.15) is 0 Å². The van der Waals surface area contributed by atoms with Crippen LogP contribution in [0.1, 0.15) is 46.0 Å². The minimum atomic E-state index is -0.253. The molecule has 0 saturated carbocycles. The molecule has 2 unspecified atom stereocenters. The van der Waals surface area contributed by atoms with Gasteiger partial charge in [0.2, 0.25) is 0 Å². The van der Waals surface area contributed by atoms with Gasteiger partial charge in [-0.25, -0.2) is 0 Å². The van der Waals surface area contributed by atoms with Crippen molar-refractivity contribution in [3.05, 3.63) is 0 Å². The van der Waals surface area contributed by atoms with Crippen molar-refractivity contribution in [2.45, 2.75) is 52.1 Å². The van der Waals surface area contributed by atoms with Gasteiger partial charge in [0.15, 0.2) is 0 Å². The van der Waals surface area contributed by atoms with Crippen molar-refractivity contribution in [1.82, 2.24) is 0 Å². The predicted molar refractivity (Wildman–Crippen MR) is 63.6 cm³/mol. The van der Waals surface area contributed by atoms with Gasteiger partial charge in [-0.15, -0.1) is 0 Å². The van der Waals surface area contributed by atoms with E-state index in [2.05, 4.69) is 6.92 Å². The van der Waals surface area contributed by atoms with Crippen LogP contribution in [0.3, 0.4) is 0 Å². The van der Waals surface area contributed by atoms with Crippen LogP contribution in [0.4, 0.5) is 0 Å². The second-order valence-corrected chi connectivity index (χ2v) is 4.68. The second-order valence-electron chi connectivity index (χ2n) is 4.68. The first-order valence-electron chi connectivity index (χ1n) is 6.41. The van der Waals surface area contributed by atoms with E-state index in [4.69, 9.17) is 9.47 Å². The Hall–Kier alpha value is -0.900. The number of ketones is 1. The monoisotopic (exact) mass is 242 g/mol. The van der Waals surface area contributed by atoms with Crippen molar-refractivity contribution in [3.63, 3.8) is 0 Å². The molecule has 4 heteroatoms. The molecule has 1 fully saturated rings. The average Bonchev–Trinajstić information content (AvgIpc) is 2.58. The topological polar surface area (TPSA) is 52.6 Å². The third-order valence-corrected chi connectivity index (χ3v) is 2.89. The zero-order valence-corrected chi connectivity index (χ0v) is 10.7. The summed E-state index contributed by atoms with van der Waals surface area (Å²) in [6, 6.07) is 0. The van der Waals surface area contributed by atoms with Crippen LogP contribution in [-0.4, -0.2) is 31.1 Å². The van der Waals surface area contributed by atoms with Gasteiger partial charge in [-0.1, -0.05) is 19.8 Å². The summed E-state index contributed by atoms with van der Waals surface area (Å²) in [4.78, 5) is 22.4. The average molecular weight is 242 g/mol. The smallest absolute Gasteiger partial charge is 0.309 e. The number of carbonyl (C=O) groups is 2. The lowest BCUT2D eigenvalue weighted by molar-refractivity contribution is -0.147. The summed E-state index contributed by atoms with van der Waals surface area (Å²) in [5.41, 5.74) is 0. The van der Waals surface area contributed by atoms with E-state index < -0.39 is 0 Å². The lowest BCUT2D eigenvalue weighted by Gasteiger charge is -2.09. The fourth-order valence-corrected chi connectivity index (χ4v) is 2.01. The molecule has 1 aliphatic heterocycles. The number of unbranched alkanes of at least 4 members (excludes halogenated alkanes) is 2.